The highest BCUT2D eigenvalue weighted by Crippen LogP contribution is 2.31. The second kappa shape index (κ2) is 4.67. The highest BCUT2D eigenvalue weighted by Gasteiger charge is 2.31. The molecule has 4 heteroatoms. The Morgan fingerprint density at radius 1 is 1.47 bits per heavy atom. The predicted molar refractivity (Wildman–Crippen MR) is 60.4 cm³/mol. The number of hydrogen-bond donors (Lipinski definition) is 1. The molecule has 1 aliphatic rings. The Balaban J connectivity index is 2.25. The van der Waals surface area contributed by atoms with E-state index in [2.05, 4.69) is 0 Å². The highest BCUT2D eigenvalue weighted by atomic mass is 16.6. The van der Waals surface area contributed by atoms with Crippen LogP contribution >= 0.6 is 0 Å². The van der Waals surface area contributed by atoms with Crippen molar-refractivity contribution >= 4 is 11.8 Å². The Labute approximate surface area is 99.2 Å². The number of carbonyl (C=O) groups excluding carboxylic acids is 2. The third-order valence-electron chi connectivity index (χ3n) is 2.94. The van der Waals surface area contributed by atoms with E-state index in [-0.39, 0.29) is 5.78 Å². The van der Waals surface area contributed by atoms with E-state index in [1.54, 1.807) is 18.2 Å². The first-order valence-electron chi connectivity index (χ1n) is 5.66. The fourth-order valence-electron chi connectivity index (χ4n) is 1.96. The van der Waals surface area contributed by atoms with Crippen LogP contribution < -0.4 is 0 Å². The smallest absolute Gasteiger partial charge is 0.341 e. The van der Waals surface area contributed by atoms with Crippen LogP contribution in [0.5, 0.6) is 0 Å². The van der Waals surface area contributed by atoms with Crippen LogP contribution in [0.4, 0.5) is 0 Å². The van der Waals surface area contributed by atoms with Crippen molar-refractivity contribution in [3.8, 4) is 0 Å². The second-order valence-electron chi connectivity index (χ2n) is 4.03. The average molecular weight is 234 g/mol. The van der Waals surface area contributed by atoms with Gasteiger partial charge >= 0.3 is 5.97 Å². The summed E-state index contributed by atoms with van der Waals surface area (Å²) in [7, 11) is 0. The maximum atomic E-state index is 11.5. The molecule has 0 saturated heterocycles. The second-order valence-corrected chi connectivity index (χ2v) is 4.03. The number of aryl methyl sites for hydroxylation is 1. The number of cyclic esters (lactones) is 1. The van der Waals surface area contributed by atoms with E-state index in [4.69, 9.17) is 4.74 Å². The molecule has 1 heterocycles. The summed E-state index contributed by atoms with van der Waals surface area (Å²) in [5, 5.41) is 9.49. The van der Waals surface area contributed by atoms with Crippen LogP contribution in [0.1, 0.15) is 47.5 Å². The maximum Gasteiger partial charge on any atom is 0.341 e. The van der Waals surface area contributed by atoms with Gasteiger partial charge in [-0.05, 0) is 12.0 Å². The molecule has 4 nitrogen and oxygen atoms in total. The molecule has 0 aromatic heterocycles. The molecular weight excluding hydrogens is 220 g/mol. The molecule has 2 rings (SSSR count). The lowest BCUT2D eigenvalue weighted by Gasteiger charge is -2.04. The molecule has 1 aromatic carbocycles. The number of ether oxygens (including phenoxy) is 1. The number of Topliss-reactive ketones (excluding diaryl/α,β-unsaturated/α-hetero) is 1. The zero-order chi connectivity index (χ0) is 12.4. The van der Waals surface area contributed by atoms with Gasteiger partial charge in [0.1, 0.15) is 5.78 Å². The quantitative estimate of drug-likeness (QED) is 0.806. The summed E-state index contributed by atoms with van der Waals surface area (Å²) in [5.74, 6) is -0.346. The third-order valence-corrected chi connectivity index (χ3v) is 2.94. The lowest BCUT2D eigenvalue weighted by molar-refractivity contribution is -0.118. The summed E-state index contributed by atoms with van der Waals surface area (Å²) >= 11 is 0. The van der Waals surface area contributed by atoms with E-state index in [1.807, 2.05) is 6.92 Å². The van der Waals surface area contributed by atoms with Gasteiger partial charge in [0, 0.05) is 18.4 Å². The Bertz CT molecular complexity index is 464. The topological polar surface area (TPSA) is 63.6 Å². The molecule has 0 fully saturated rings. The lowest BCUT2D eigenvalue weighted by Crippen LogP contribution is -2.04. The summed E-state index contributed by atoms with van der Waals surface area (Å²) in [4.78, 5) is 22.8. The molecule has 90 valence electrons. The number of aliphatic hydroxyl groups excluding tert-OH is 1. The minimum Gasteiger partial charge on any atom is -0.428 e. The van der Waals surface area contributed by atoms with Crippen LogP contribution in [0.25, 0.3) is 0 Å². The van der Waals surface area contributed by atoms with E-state index >= 15 is 0 Å². The van der Waals surface area contributed by atoms with Gasteiger partial charge in [-0.15, -0.1) is 0 Å². The Morgan fingerprint density at radius 2 is 2.24 bits per heavy atom. The molecule has 17 heavy (non-hydrogen) atoms. The fourth-order valence-corrected chi connectivity index (χ4v) is 1.96. The number of ketones is 1. The molecule has 1 atom stereocenters. The normalized spacial score (nSPS) is 17.8. The van der Waals surface area contributed by atoms with E-state index in [1.165, 1.54) is 0 Å². The Kier molecular flexibility index (Phi) is 3.24. The summed E-state index contributed by atoms with van der Waals surface area (Å²) in [5.41, 5.74) is 1.69. The largest absolute Gasteiger partial charge is 0.428 e. The van der Waals surface area contributed by atoms with Crippen LogP contribution in [0.15, 0.2) is 18.2 Å². The van der Waals surface area contributed by atoms with Crippen molar-refractivity contribution in [3.63, 3.8) is 0 Å². The van der Waals surface area contributed by atoms with Crippen LogP contribution in [0.3, 0.4) is 0 Å². The van der Waals surface area contributed by atoms with Crippen molar-refractivity contribution in [2.24, 2.45) is 0 Å². The van der Waals surface area contributed by atoms with E-state index < -0.39 is 12.3 Å². The number of aliphatic hydroxyl groups is 1. The van der Waals surface area contributed by atoms with Gasteiger partial charge in [-0.1, -0.05) is 25.1 Å². The number of esters is 1. The van der Waals surface area contributed by atoms with Gasteiger partial charge in [0.25, 0.3) is 0 Å². The average Bonchev–Trinajstić information content (AvgIpc) is 2.63. The predicted octanol–water partition coefficient (Wildman–Crippen LogP) is 1.76. The van der Waals surface area contributed by atoms with Crippen LogP contribution in [-0.2, 0) is 16.0 Å². The molecule has 0 bridgehead atoms. The van der Waals surface area contributed by atoms with Crippen molar-refractivity contribution in [1.29, 1.82) is 0 Å². The monoisotopic (exact) mass is 234 g/mol. The van der Waals surface area contributed by atoms with Crippen LogP contribution in [0.2, 0.25) is 0 Å². The molecule has 1 aliphatic heterocycles. The Morgan fingerprint density at radius 3 is 2.94 bits per heavy atom. The van der Waals surface area contributed by atoms with Crippen LogP contribution in [0, 0.1) is 0 Å². The molecular formula is C13H14O4. The molecule has 1 aromatic rings. The molecule has 0 aliphatic carbocycles. The summed E-state index contributed by atoms with van der Waals surface area (Å²) < 4.78 is 4.74. The first kappa shape index (κ1) is 11.8. The van der Waals surface area contributed by atoms with Crippen molar-refractivity contribution in [3.05, 3.63) is 34.9 Å². The zero-order valence-corrected chi connectivity index (χ0v) is 9.60. The number of rotatable bonds is 4. The summed E-state index contributed by atoms with van der Waals surface area (Å²) in [6.45, 7) is 1.82. The van der Waals surface area contributed by atoms with Crippen molar-refractivity contribution < 1.29 is 19.4 Å². The number of carbonyl (C=O) groups is 2. The highest BCUT2D eigenvalue weighted by molar-refractivity contribution is 5.95. The summed E-state index contributed by atoms with van der Waals surface area (Å²) in [6, 6.07) is 5.22. The first-order valence-corrected chi connectivity index (χ1v) is 5.66. The van der Waals surface area contributed by atoms with Gasteiger partial charge < -0.3 is 9.84 Å². The van der Waals surface area contributed by atoms with Crippen molar-refractivity contribution in [2.45, 2.75) is 32.5 Å². The minimum atomic E-state index is -1.17. The number of fused-ring (bicyclic) bond motifs is 1. The zero-order valence-electron chi connectivity index (χ0n) is 9.60. The van der Waals surface area contributed by atoms with E-state index in [0.717, 1.165) is 5.56 Å². The number of benzene rings is 1. The van der Waals surface area contributed by atoms with Crippen LogP contribution in [-0.4, -0.2) is 16.9 Å². The molecule has 0 amide bonds. The van der Waals surface area contributed by atoms with Gasteiger partial charge in [-0.25, -0.2) is 4.79 Å². The third kappa shape index (κ3) is 2.22. The van der Waals surface area contributed by atoms with Crippen molar-refractivity contribution in [1.82, 2.24) is 0 Å². The standard InChI is InChI=1S/C13H14O4/c1-2-9(14)7-6-8-4-3-5-10-11(8)13(16)17-12(10)15/h3-5,12,15H,2,6-7H2,1H3. The van der Waals surface area contributed by atoms with Crippen molar-refractivity contribution in [2.75, 3.05) is 0 Å². The molecule has 0 saturated carbocycles. The van der Waals surface area contributed by atoms with Gasteiger partial charge in [0.05, 0.1) is 5.56 Å². The fraction of sp³-hybridized carbons (Fsp3) is 0.385. The maximum absolute atomic E-state index is 11.5. The van der Waals surface area contributed by atoms with E-state index in [9.17, 15) is 14.7 Å². The van der Waals surface area contributed by atoms with Gasteiger partial charge in [0.2, 0.25) is 6.29 Å². The number of hydrogen-bond acceptors (Lipinski definition) is 4. The van der Waals surface area contributed by atoms with Gasteiger partial charge in [-0.2, -0.15) is 0 Å². The van der Waals surface area contributed by atoms with Gasteiger partial charge in [0.15, 0.2) is 0 Å². The molecule has 0 radical (unpaired) electrons. The molecule has 0 spiro atoms. The molecule has 1 unspecified atom stereocenters. The van der Waals surface area contributed by atoms with E-state index in [0.29, 0.717) is 30.4 Å². The van der Waals surface area contributed by atoms with Gasteiger partial charge in [-0.3, -0.25) is 4.79 Å². The minimum absolute atomic E-state index is 0.162. The SMILES string of the molecule is CCC(=O)CCc1cccc2c1C(=O)OC2O. The lowest BCUT2D eigenvalue weighted by atomic mass is 9.97. The summed E-state index contributed by atoms with van der Waals surface area (Å²) in [6.07, 6.45) is 0.259. The first-order chi connectivity index (χ1) is 8.13. The molecule has 1 N–H and O–H groups in total. The Hall–Kier alpha value is -1.68.